The minimum absolute atomic E-state index is 0.126. The van der Waals surface area contributed by atoms with Crippen molar-refractivity contribution in [3.8, 4) is 0 Å². The highest BCUT2D eigenvalue weighted by atomic mass is 16.4. The van der Waals surface area contributed by atoms with E-state index in [-0.39, 0.29) is 11.4 Å². The lowest BCUT2D eigenvalue weighted by Crippen LogP contribution is -1.99. The Kier molecular flexibility index (Phi) is 1.63. The Balaban J connectivity index is 2.92. The maximum atomic E-state index is 10.9. The fourth-order valence-corrected chi connectivity index (χ4v) is 1.39. The topological polar surface area (TPSA) is 94.0 Å². The van der Waals surface area contributed by atoms with Crippen LogP contribution in [0.2, 0.25) is 0 Å². The lowest BCUT2D eigenvalue weighted by Gasteiger charge is -1.96. The molecule has 2 aromatic rings. The molecule has 2 heterocycles. The highest BCUT2D eigenvalue weighted by molar-refractivity contribution is 6.05. The van der Waals surface area contributed by atoms with Crippen LogP contribution in [0, 0.1) is 0 Å². The van der Waals surface area contributed by atoms with Gasteiger partial charge in [-0.05, 0) is 6.07 Å². The van der Waals surface area contributed by atoms with Crippen molar-refractivity contribution in [2.75, 3.05) is 5.73 Å². The van der Waals surface area contributed by atoms with Gasteiger partial charge in [-0.3, -0.25) is 0 Å². The average molecular weight is 192 g/mol. The molecule has 0 fully saturated rings. The molecule has 0 spiro atoms. The van der Waals surface area contributed by atoms with Crippen LogP contribution in [-0.2, 0) is 7.05 Å². The molecule has 0 amide bonds. The minimum atomic E-state index is -1.03. The molecule has 0 radical (unpaired) electrons. The molecule has 0 aliphatic carbocycles. The van der Waals surface area contributed by atoms with Gasteiger partial charge in [-0.25, -0.2) is 14.5 Å². The van der Waals surface area contributed by atoms with Crippen molar-refractivity contribution < 1.29 is 9.90 Å². The first-order valence-electron chi connectivity index (χ1n) is 3.91. The van der Waals surface area contributed by atoms with Crippen LogP contribution < -0.4 is 5.73 Å². The van der Waals surface area contributed by atoms with E-state index in [0.29, 0.717) is 11.0 Å². The Bertz CT molecular complexity index is 517. The Morgan fingerprint density at radius 3 is 3.00 bits per heavy atom. The predicted octanol–water partition coefficient (Wildman–Crippen LogP) is 0.249. The molecule has 72 valence electrons. The Morgan fingerprint density at radius 1 is 1.64 bits per heavy atom. The molecule has 0 aliphatic rings. The molecular weight excluding hydrogens is 184 g/mol. The van der Waals surface area contributed by atoms with E-state index in [4.69, 9.17) is 10.8 Å². The summed E-state index contributed by atoms with van der Waals surface area (Å²) in [7, 11) is 1.66. The summed E-state index contributed by atoms with van der Waals surface area (Å²) in [6.07, 6.45) is 1.42. The number of rotatable bonds is 1. The minimum Gasteiger partial charge on any atom is -0.478 e. The number of aromatic nitrogens is 3. The molecule has 6 heteroatoms. The first kappa shape index (κ1) is 8.49. The van der Waals surface area contributed by atoms with Gasteiger partial charge in [0.15, 0.2) is 11.5 Å². The second-order valence-corrected chi connectivity index (χ2v) is 2.87. The number of aryl methyl sites for hydroxylation is 1. The van der Waals surface area contributed by atoms with Gasteiger partial charge in [0.2, 0.25) is 0 Å². The maximum Gasteiger partial charge on any atom is 0.336 e. The summed E-state index contributed by atoms with van der Waals surface area (Å²) < 4.78 is 1.46. The highest BCUT2D eigenvalue weighted by Crippen LogP contribution is 2.21. The van der Waals surface area contributed by atoms with Gasteiger partial charge in [-0.2, -0.15) is 5.10 Å². The van der Waals surface area contributed by atoms with Crippen molar-refractivity contribution in [3.05, 3.63) is 17.8 Å². The standard InChI is InChI=1S/C8H8N4O2/c1-12-7-5(6(9)11-12)4(8(13)14)2-3-10-7/h2-3H,1H3,(H2,9,11)(H,13,14). The summed E-state index contributed by atoms with van der Waals surface area (Å²) >= 11 is 0. The number of nitrogen functional groups attached to an aromatic ring is 1. The second-order valence-electron chi connectivity index (χ2n) is 2.87. The fourth-order valence-electron chi connectivity index (χ4n) is 1.39. The third kappa shape index (κ3) is 1.00. The summed E-state index contributed by atoms with van der Waals surface area (Å²) in [5.74, 6) is -0.842. The molecule has 0 aromatic carbocycles. The van der Waals surface area contributed by atoms with Crippen LogP contribution in [0.4, 0.5) is 5.82 Å². The number of nitrogens with zero attached hydrogens (tertiary/aromatic N) is 3. The second kappa shape index (κ2) is 2.69. The Labute approximate surface area is 79.0 Å². The van der Waals surface area contributed by atoms with Crippen molar-refractivity contribution >= 4 is 22.8 Å². The van der Waals surface area contributed by atoms with Crippen LogP contribution in [0.3, 0.4) is 0 Å². The third-order valence-corrected chi connectivity index (χ3v) is 1.98. The number of hydrogen-bond donors (Lipinski definition) is 2. The van der Waals surface area contributed by atoms with Crippen molar-refractivity contribution in [1.82, 2.24) is 14.8 Å². The van der Waals surface area contributed by atoms with Gasteiger partial charge < -0.3 is 10.8 Å². The van der Waals surface area contributed by atoms with Crippen molar-refractivity contribution in [1.29, 1.82) is 0 Å². The SMILES string of the molecule is Cn1nc(N)c2c(C(=O)O)ccnc21. The fraction of sp³-hybridized carbons (Fsp3) is 0.125. The van der Waals surface area contributed by atoms with Crippen LogP contribution in [0.25, 0.3) is 11.0 Å². The number of carboxylic acids is 1. The van der Waals surface area contributed by atoms with Gasteiger partial charge >= 0.3 is 5.97 Å². The number of carboxylic acid groups (broad SMARTS) is 1. The van der Waals surface area contributed by atoms with E-state index in [1.54, 1.807) is 7.05 Å². The highest BCUT2D eigenvalue weighted by Gasteiger charge is 2.15. The monoisotopic (exact) mass is 192 g/mol. The molecule has 0 saturated heterocycles. The number of carbonyl (C=O) groups is 1. The van der Waals surface area contributed by atoms with E-state index >= 15 is 0 Å². The largest absolute Gasteiger partial charge is 0.478 e. The first-order chi connectivity index (χ1) is 6.61. The van der Waals surface area contributed by atoms with Gasteiger partial charge in [0.25, 0.3) is 0 Å². The summed E-state index contributed by atoms with van der Waals surface area (Å²) in [6.45, 7) is 0. The van der Waals surface area contributed by atoms with Crippen LogP contribution in [-0.4, -0.2) is 25.8 Å². The van der Waals surface area contributed by atoms with E-state index < -0.39 is 5.97 Å². The van der Waals surface area contributed by atoms with Crippen LogP contribution >= 0.6 is 0 Å². The molecule has 0 bridgehead atoms. The molecule has 2 aromatic heterocycles. The van der Waals surface area contributed by atoms with Gasteiger partial charge in [-0.1, -0.05) is 0 Å². The van der Waals surface area contributed by atoms with Gasteiger partial charge in [-0.15, -0.1) is 0 Å². The number of pyridine rings is 1. The summed E-state index contributed by atoms with van der Waals surface area (Å²) in [6, 6.07) is 1.41. The number of aromatic carboxylic acids is 1. The van der Waals surface area contributed by atoms with Crippen LogP contribution in [0.1, 0.15) is 10.4 Å². The summed E-state index contributed by atoms with van der Waals surface area (Å²) in [4.78, 5) is 14.9. The van der Waals surface area contributed by atoms with E-state index in [0.717, 1.165) is 0 Å². The van der Waals surface area contributed by atoms with Crippen LogP contribution in [0.5, 0.6) is 0 Å². The van der Waals surface area contributed by atoms with Gasteiger partial charge in [0.05, 0.1) is 10.9 Å². The third-order valence-electron chi connectivity index (χ3n) is 1.98. The molecule has 14 heavy (non-hydrogen) atoms. The Hall–Kier alpha value is -2.11. The molecule has 2 rings (SSSR count). The van der Waals surface area contributed by atoms with E-state index in [2.05, 4.69) is 10.1 Å². The van der Waals surface area contributed by atoms with E-state index in [1.165, 1.54) is 16.9 Å². The predicted molar refractivity (Wildman–Crippen MR) is 49.9 cm³/mol. The van der Waals surface area contributed by atoms with Crippen molar-refractivity contribution in [2.45, 2.75) is 0 Å². The molecule has 0 atom stereocenters. The molecule has 0 aliphatic heterocycles. The molecule has 0 unspecified atom stereocenters. The molecular formula is C8H8N4O2. The summed E-state index contributed by atoms with van der Waals surface area (Å²) in [5, 5.41) is 13.2. The lowest BCUT2D eigenvalue weighted by atomic mass is 10.2. The smallest absolute Gasteiger partial charge is 0.336 e. The van der Waals surface area contributed by atoms with Crippen molar-refractivity contribution in [3.63, 3.8) is 0 Å². The van der Waals surface area contributed by atoms with E-state index in [1.807, 2.05) is 0 Å². The quantitative estimate of drug-likeness (QED) is 0.675. The number of fused-ring (bicyclic) bond motifs is 1. The zero-order valence-corrected chi connectivity index (χ0v) is 7.43. The lowest BCUT2D eigenvalue weighted by molar-refractivity contribution is 0.0699. The summed E-state index contributed by atoms with van der Waals surface area (Å²) in [5.41, 5.74) is 6.18. The molecule has 3 N–H and O–H groups in total. The zero-order chi connectivity index (χ0) is 10.3. The average Bonchev–Trinajstić information content (AvgIpc) is 2.43. The zero-order valence-electron chi connectivity index (χ0n) is 7.43. The normalized spacial score (nSPS) is 10.6. The van der Waals surface area contributed by atoms with E-state index in [9.17, 15) is 4.79 Å². The molecule has 6 nitrogen and oxygen atoms in total. The molecule has 0 saturated carbocycles. The van der Waals surface area contributed by atoms with Gasteiger partial charge in [0.1, 0.15) is 0 Å². The number of hydrogen-bond acceptors (Lipinski definition) is 4. The number of nitrogens with two attached hydrogens (primary N) is 1. The number of anilines is 1. The van der Waals surface area contributed by atoms with Crippen molar-refractivity contribution in [2.24, 2.45) is 7.05 Å². The maximum absolute atomic E-state index is 10.9. The first-order valence-corrected chi connectivity index (χ1v) is 3.91. The Morgan fingerprint density at radius 2 is 2.36 bits per heavy atom. The van der Waals surface area contributed by atoms with Crippen LogP contribution in [0.15, 0.2) is 12.3 Å². The van der Waals surface area contributed by atoms with Gasteiger partial charge in [0, 0.05) is 13.2 Å².